The first-order valence-corrected chi connectivity index (χ1v) is 7.86. The maximum Gasteiger partial charge on any atom is 0.251 e. The van der Waals surface area contributed by atoms with Crippen LogP contribution in [-0.2, 0) is 9.53 Å². The van der Waals surface area contributed by atoms with Crippen molar-refractivity contribution in [2.24, 2.45) is 0 Å². The van der Waals surface area contributed by atoms with Gasteiger partial charge in [-0.15, -0.1) is 0 Å². The van der Waals surface area contributed by atoms with E-state index in [1.54, 1.807) is 12.1 Å². The van der Waals surface area contributed by atoms with E-state index >= 15 is 0 Å². The van der Waals surface area contributed by atoms with Gasteiger partial charge in [-0.2, -0.15) is 0 Å². The standard InChI is InChI=1S/C15H19BrN2O3/c16-12-5-3-11(4-6-12)15(20)17-8-7-14(19)18-10-13-2-1-9-21-13/h3-6,13H,1-2,7-10H2,(H,17,20)(H,18,19). The molecule has 1 saturated heterocycles. The van der Waals surface area contributed by atoms with Crippen LogP contribution in [0.1, 0.15) is 29.6 Å². The van der Waals surface area contributed by atoms with E-state index in [0.717, 1.165) is 23.9 Å². The lowest BCUT2D eigenvalue weighted by Crippen LogP contribution is -2.34. The maximum atomic E-state index is 11.8. The maximum absolute atomic E-state index is 11.8. The summed E-state index contributed by atoms with van der Waals surface area (Å²) in [7, 11) is 0. The summed E-state index contributed by atoms with van der Waals surface area (Å²) in [5.41, 5.74) is 0.581. The number of hydrogen-bond acceptors (Lipinski definition) is 3. The summed E-state index contributed by atoms with van der Waals surface area (Å²) in [4.78, 5) is 23.5. The van der Waals surface area contributed by atoms with Gasteiger partial charge in [0.2, 0.25) is 5.91 Å². The minimum absolute atomic E-state index is 0.0680. The Morgan fingerprint density at radius 1 is 1.24 bits per heavy atom. The molecular weight excluding hydrogens is 336 g/mol. The Balaban J connectivity index is 1.62. The van der Waals surface area contributed by atoms with E-state index in [1.165, 1.54) is 0 Å². The first-order valence-electron chi connectivity index (χ1n) is 7.07. The van der Waals surface area contributed by atoms with Gasteiger partial charge in [0.25, 0.3) is 5.91 Å². The zero-order valence-electron chi connectivity index (χ0n) is 11.7. The number of ether oxygens (including phenoxy) is 1. The third kappa shape index (κ3) is 5.47. The molecule has 1 atom stereocenters. The van der Waals surface area contributed by atoms with Crippen molar-refractivity contribution in [3.8, 4) is 0 Å². The van der Waals surface area contributed by atoms with Gasteiger partial charge in [0.15, 0.2) is 0 Å². The van der Waals surface area contributed by atoms with Crippen molar-refractivity contribution < 1.29 is 14.3 Å². The van der Waals surface area contributed by atoms with Crippen molar-refractivity contribution in [3.63, 3.8) is 0 Å². The average molecular weight is 355 g/mol. The molecule has 0 spiro atoms. The Morgan fingerprint density at radius 2 is 2.00 bits per heavy atom. The second-order valence-electron chi connectivity index (χ2n) is 4.95. The van der Waals surface area contributed by atoms with E-state index in [4.69, 9.17) is 4.74 Å². The van der Waals surface area contributed by atoms with Gasteiger partial charge in [-0.25, -0.2) is 0 Å². The Bertz CT molecular complexity index is 484. The fourth-order valence-electron chi connectivity index (χ4n) is 2.11. The van der Waals surface area contributed by atoms with Gasteiger partial charge >= 0.3 is 0 Å². The molecule has 1 aliphatic heterocycles. The molecular formula is C15H19BrN2O3. The van der Waals surface area contributed by atoms with E-state index in [9.17, 15) is 9.59 Å². The summed E-state index contributed by atoms with van der Waals surface area (Å²) >= 11 is 3.32. The van der Waals surface area contributed by atoms with Crippen molar-refractivity contribution in [2.75, 3.05) is 19.7 Å². The molecule has 0 bridgehead atoms. The zero-order valence-corrected chi connectivity index (χ0v) is 13.3. The fourth-order valence-corrected chi connectivity index (χ4v) is 2.38. The summed E-state index contributed by atoms with van der Waals surface area (Å²) < 4.78 is 6.35. The molecule has 0 radical (unpaired) electrons. The van der Waals surface area contributed by atoms with E-state index in [1.807, 2.05) is 12.1 Å². The van der Waals surface area contributed by atoms with Gasteiger partial charge in [0.1, 0.15) is 0 Å². The van der Waals surface area contributed by atoms with Crippen LogP contribution in [0.4, 0.5) is 0 Å². The smallest absolute Gasteiger partial charge is 0.251 e. The molecule has 2 N–H and O–H groups in total. The van der Waals surface area contributed by atoms with E-state index in [2.05, 4.69) is 26.6 Å². The minimum atomic E-state index is -0.172. The van der Waals surface area contributed by atoms with E-state index in [0.29, 0.717) is 18.7 Å². The van der Waals surface area contributed by atoms with Crippen molar-refractivity contribution in [1.82, 2.24) is 10.6 Å². The molecule has 1 aromatic carbocycles. The highest BCUT2D eigenvalue weighted by Crippen LogP contribution is 2.11. The lowest BCUT2D eigenvalue weighted by atomic mass is 10.2. The summed E-state index contributed by atoms with van der Waals surface area (Å²) in [5, 5.41) is 5.56. The lowest BCUT2D eigenvalue weighted by molar-refractivity contribution is -0.121. The summed E-state index contributed by atoms with van der Waals surface area (Å²) in [6.07, 6.45) is 2.48. The number of rotatable bonds is 6. The molecule has 21 heavy (non-hydrogen) atoms. The second kappa shape index (κ2) is 8.14. The molecule has 1 heterocycles. The summed E-state index contributed by atoms with van der Waals surface area (Å²) in [6, 6.07) is 7.08. The van der Waals surface area contributed by atoms with Gasteiger partial charge in [-0.05, 0) is 37.1 Å². The van der Waals surface area contributed by atoms with Crippen molar-refractivity contribution in [1.29, 1.82) is 0 Å². The number of carbonyl (C=O) groups is 2. The normalized spacial score (nSPS) is 17.5. The molecule has 0 aromatic heterocycles. The van der Waals surface area contributed by atoms with Crippen LogP contribution in [-0.4, -0.2) is 37.6 Å². The summed E-state index contributed by atoms with van der Waals surface area (Å²) in [6.45, 7) is 1.66. The van der Waals surface area contributed by atoms with Gasteiger partial charge in [-0.1, -0.05) is 15.9 Å². The molecule has 0 saturated carbocycles. The van der Waals surface area contributed by atoms with Crippen molar-refractivity contribution in [3.05, 3.63) is 34.3 Å². The summed E-state index contributed by atoms with van der Waals surface area (Å²) in [5.74, 6) is -0.240. The number of hydrogen-bond donors (Lipinski definition) is 2. The first-order chi connectivity index (χ1) is 10.1. The predicted molar refractivity (Wildman–Crippen MR) is 83.1 cm³/mol. The number of nitrogens with one attached hydrogen (secondary N) is 2. The zero-order chi connectivity index (χ0) is 15.1. The van der Waals surface area contributed by atoms with Crippen molar-refractivity contribution >= 4 is 27.7 Å². The van der Waals surface area contributed by atoms with Crippen LogP contribution >= 0.6 is 15.9 Å². The van der Waals surface area contributed by atoms with Crippen molar-refractivity contribution in [2.45, 2.75) is 25.4 Å². The van der Waals surface area contributed by atoms with E-state index in [-0.39, 0.29) is 24.3 Å². The average Bonchev–Trinajstić information content (AvgIpc) is 2.99. The molecule has 1 unspecified atom stereocenters. The van der Waals surface area contributed by atoms with Crippen LogP contribution < -0.4 is 10.6 Å². The van der Waals surface area contributed by atoms with E-state index < -0.39 is 0 Å². The van der Waals surface area contributed by atoms with Crippen LogP contribution in [0.25, 0.3) is 0 Å². The van der Waals surface area contributed by atoms with Crippen LogP contribution in [0.3, 0.4) is 0 Å². The van der Waals surface area contributed by atoms with Gasteiger partial charge < -0.3 is 15.4 Å². The molecule has 1 aliphatic rings. The third-order valence-electron chi connectivity index (χ3n) is 3.29. The van der Waals surface area contributed by atoms with Gasteiger partial charge in [0.05, 0.1) is 6.10 Å². The monoisotopic (exact) mass is 354 g/mol. The highest BCUT2D eigenvalue weighted by molar-refractivity contribution is 9.10. The molecule has 0 aliphatic carbocycles. The number of amides is 2. The Hall–Kier alpha value is -1.40. The number of benzene rings is 1. The highest BCUT2D eigenvalue weighted by atomic mass is 79.9. The molecule has 1 fully saturated rings. The number of halogens is 1. The molecule has 5 nitrogen and oxygen atoms in total. The Kier molecular flexibility index (Phi) is 6.20. The second-order valence-corrected chi connectivity index (χ2v) is 5.87. The third-order valence-corrected chi connectivity index (χ3v) is 3.82. The quantitative estimate of drug-likeness (QED) is 0.819. The van der Waals surface area contributed by atoms with Gasteiger partial charge in [-0.3, -0.25) is 9.59 Å². The SMILES string of the molecule is O=C(CCNC(=O)c1ccc(Br)cc1)NCC1CCCO1. The Morgan fingerprint density at radius 3 is 2.67 bits per heavy atom. The molecule has 6 heteroatoms. The molecule has 114 valence electrons. The molecule has 1 aromatic rings. The molecule has 2 amide bonds. The largest absolute Gasteiger partial charge is 0.376 e. The molecule has 2 rings (SSSR count). The first kappa shape index (κ1) is 16.0. The van der Waals surface area contributed by atoms with Crippen LogP contribution in [0, 0.1) is 0 Å². The topological polar surface area (TPSA) is 67.4 Å². The lowest BCUT2D eigenvalue weighted by Gasteiger charge is -2.11. The van der Waals surface area contributed by atoms with Crippen LogP contribution in [0.5, 0.6) is 0 Å². The minimum Gasteiger partial charge on any atom is -0.376 e. The van der Waals surface area contributed by atoms with Crippen LogP contribution in [0.2, 0.25) is 0 Å². The Labute approximate surface area is 132 Å². The van der Waals surface area contributed by atoms with Crippen LogP contribution in [0.15, 0.2) is 28.7 Å². The van der Waals surface area contributed by atoms with Gasteiger partial charge in [0, 0.05) is 36.2 Å². The number of carbonyl (C=O) groups excluding carboxylic acids is 2. The fraction of sp³-hybridized carbons (Fsp3) is 0.467. The predicted octanol–water partition coefficient (Wildman–Crippen LogP) is 1.86. The highest BCUT2D eigenvalue weighted by Gasteiger charge is 2.16.